The van der Waals surface area contributed by atoms with Crippen LogP contribution in [0.15, 0.2) is 48.8 Å². The van der Waals surface area contributed by atoms with Crippen molar-refractivity contribution >= 4 is 17.8 Å². The molecular weight excluding hydrogens is 244 g/mol. The topological polar surface area (TPSA) is 7.12 Å². The van der Waals surface area contributed by atoms with Gasteiger partial charge in [0, 0.05) is 38.5 Å². The summed E-state index contributed by atoms with van der Waals surface area (Å²) in [7, 11) is 1.99. The molecule has 0 aliphatic rings. The molecule has 0 aliphatic heterocycles. The van der Waals surface area contributed by atoms with E-state index in [-0.39, 0.29) is 14.3 Å². The Labute approximate surface area is 134 Å². The quantitative estimate of drug-likeness (QED) is 0.429. The molecule has 2 rings (SSSR count). The minimum Gasteiger partial charge on any atom is -0.228 e. The number of anilines is 1. The summed E-state index contributed by atoms with van der Waals surface area (Å²) in [4.78, 5) is 1.41. The van der Waals surface area contributed by atoms with Crippen LogP contribution in [0.25, 0.3) is 12.2 Å². The van der Waals surface area contributed by atoms with Crippen LogP contribution in [0.4, 0.5) is 5.69 Å². The second kappa shape index (κ2) is 6.27. The Bertz CT molecular complexity index is 694. The lowest BCUT2D eigenvalue weighted by molar-refractivity contribution is -0.671. The Hall–Kier alpha value is -2.97. The van der Waals surface area contributed by atoms with Crippen molar-refractivity contribution in [3.8, 4) is 24.9 Å². The van der Waals surface area contributed by atoms with Crippen molar-refractivity contribution < 1.29 is 18.8 Å². The van der Waals surface area contributed by atoms with Crippen LogP contribution < -0.4 is 9.47 Å². The van der Waals surface area contributed by atoms with Gasteiger partial charge in [-0.2, -0.15) is 0 Å². The molecule has 1 aromatic carbocycles. The average molecular weight is 279 g/mol. The molecule has 116 valence electrons. The Morgan fingerprint density at radius 1 is 0.950 bits per heavy atom. The number of pyridine rings is 1. The highest BCUT2D eigenvalue weighted by atomic mass is 15.1. The summed E-state index contributed by atoms with van der Waals surface area (Å²) in [5.74, 6) is 0. The summed E-state index contributed by atoms with van der Waals surface area (Å²) in [6.07, 6.45) is 18.8. The Balaban J connectivity index is -0.0000000630. The SMILES string of the molecule is C#CN(C#C)c1ccc(C=Cc2cc[n+](C)cc2)cc1.[HH].[HH].[HH].[HH].[HH].[HH].[HH].[HH].[HH].[HH]. The molecule has 0 bridgehead atoms. The number of aromatic nitrogens is 1. The van der Waals surface area contributed by atoms with Crippen molar-refractivity contribution in [2.75, 3.05) is 4.90 Å². The van der Waals surface area contributed by atoms with Gasteiger partial charge >= 0.3 is 0 Å². The summed E-state index contributed by atoms with van der Waals surface area (Å²) in [6, 6.07) is 16.8. The van der Waals surface area contributed by atoms with Crippen LogP contribution in [0.2, 0.25) is 0 Å². The predicted molar refractivity (Wildman–Crippen MR) is 104 cm³/mol. The first kappa shape index (κ1) is 13.5. The van der Waals surface area contributed by atoms with Crippen LogP contribution in [-0.4, -0.2) is 0 Å². The van der Waals surface area contributed by atoms with Gasteiger partial charge in [0.1, 0.15) is 7.05 Å². The third-order valence-electron chi connectivity index (χ3n) is 2.88. The van der Waals surface area contributed by atoms with Gasteiger partial charge in [0.2, 0.25) is 0 Å². The molecule has 0 aliphatic carbocycles. The molecule has 0 N–H and O–H groups in total. The summed E-state index contributed by atoms with van der Waals surface area (Å²) < 4.78 is 2.00. The molecule has 2 aromatic rings. The fourth-order valence-electron chi connectivity index (χ4n) is 1.74. The van der Waals surface area contributed by atoms with E-state index < -0.39 is 0 Å². The maximum absolute atomic E-state index is 5.32. The minimum absolute atomic E-state index is 0. The van der Waals surface area contributed by atoms with E-state index in [1.807, 2.05) is 48.3 Å². The summed E-state index contributed by atoms with van der Waals surface area (Å²) in [5.41, 5.74) is 3.07. The van der Waals surface area contributed by atoms with Gasteiger partial charge in [-0.15, -0.1) is 0 Å². The van der Waals surface area contributed by atoms with E-state index in [1.54, 1.807) is 0 Å². The molecule has 0 saturated carbocycles. The fraction of sp³-hybridized carbons (Fsp3) is 0.0556. The monoisotopic (exact) mass is 279 g/mol. The number of hydrogen-bond acceptors (Lipinski definition) is 1. The van der Waals surface area contributed by atoms with Crippen molar-refractivity contribution in [2.24, 2.45) is 7.05 Å². The maximum Gasteiger partial charge on any atom is 0.169 e. The molecule has 0 unspecified atom stereocenters. The normalized spacial score (nSPS) is 9.95. The highest BCUT2D eigenvalue weighted by Crippen LogP contribution is 2.15. The lowest BCUT2D eigenvalue weighted by Crippen LogP contribution is -2.25. The van der Waals surface area contributed by atoms with Gasteiger partial charge in [-0.1, -0.05) is 37.1 Å². The van der Waals surface area contributed by atoms with Crippen molar-refractivity contribution in [1.29, 1.82) is 0 Å². The van der Waals surface area contributed by atoms with Crippen LogP contribution in [-0.2, 0) is 7.05 Å². The molecule has 0 spiro atoms. The second-order valence-electron chi connectivity index (χ2n) is 4.32. The Kier molecular flexibility index (Phi) is 4.22. The molecule has 0 saturated heterocycles. The lowest BCUT2D eigenvalue weighted by Gasteiger charge is -2.08. The van der Waals surface area contributed by atoms with Gasteiger partial charge in [0.05, 0.1) is 5.69 Å². The summed E-state index contributed by atoms with van der Waals surface area (Å²) in [6.45, 7) is 0. The third-order valence-corrected chi connectivity index (χ3v) is 2.88. The number of aryl methyl sites for hydroxylation is 1. The first-order chi connectivity index (χ1) is 9.72. The van der Waals surface area contributed by atoms with Crippen LogP contribution in [0, 0.1) is 24.9 Å². The fourth-order valence-corrected chi connectivity index (χ4v) is 1.74. The molecule has 20 heavy (non-hydrogen) atoms. The highest BCUT2D eigenvalue weighted by Gasteiger charge is 1.98. The van der Waals surface area contributed by atoms with E-state index in [0.29, 0.717) is 0 Å². The molecular formula is C18H35N2+. The zero-order valence-electron chi connectivity index (χ0n) is 11.3. The van der Waals surface area contributed by atoms with E-state index >= 15 is 0 Å². The first-order valence-corrected chi connectivity index (χ1v) is 6.19. The number of terminal acetylenes is 2. The minimum atomic E-state index is 0. The molecule has 1 heterocycles. The van der Waals surface area contributed by atoms with Gasteiger partial charge in [-0.05, 0) is 23.3 Å². The molecule has 2 heteroatoms. The molecule has 0 atom stereocenters. The van der Waals surface area contributed by atoms with Crippen molar-refractivity contribution in [3.05, 3.63) is 59.9 Å². The van der Waals surface area contributed by atoms with E-state index in [4.69, 9.17) is 12.8 Å². The van der Waals surface area contributed by atoms with Crippen molar-refractivity contribution in [1.82, 2.24) is 0 Å². The first-order valence-electron chi connectivity index (χ1n) is 6.19. The Morgan fingerprint density at radius 2 is 1.45 bits per heavy atom. The number of rotatable bonds is 3. The van der Waals surface area contributed by atoms with Crippen LogP contribution in [0.1, 0.15) is 25.4 Å². The van der Waals surface area contributed by atoms with Crippen molar-refractivity contribution in [3.63, 3.8) is 0 Å². The van der Waals surface area contributed by atoms with Gasteiger partial charge in [0.15, 0.2) is 12.4 Å². The number of benzene rings is 1. The van der Waals surface area contributed by atoms with Gasteiger partial charge in [-0.25, -0.2) is 9.47 Å². The number of hydrogen-bond donors (Lipinski definition) is 0. The van der Waals surface area contributed by atoms with Gasteiger partial charge in [-0.3, -0.25) is 0 Å². The maximum atomic E-state index is 5.32. The molecule has 2 nitrogen and oxygen atoms in total. The zero-order chi connectivity index (χ0) is 14.4. The van der Waals surface area contributed by atoms with E-state index in [2.05, 4.69) is 36.4 Å². The van der Waals surface area contributed by atoms with E-state index in [9.17, 15) is 0 Å². The molecule has 1 aromatic heterocycles. The van der Waals surface area contributed by atoms with Crippen LogP contribution >= 0.6 is 0 Å². The second-order valence-corrected chi connectivity index (χ2v) is 4.32. The van der Waals surface area contributed by atoms with Gasteiger partial charge in [0.25, 0.3) is 0 Å². The molecule has 0 fully saturated rings. The number of nitrogens with zero attached hydrogens (tertiary/aromatic N) is 2. The van der Waals surface area contributed by atoms with Crippen molar-refractivity contribution in [2.45, 2.75) is 0 Å². The predicted octanol–water partition coefficient (Wildman–Crippen LogP) is 5.13. The Morgan fingerprint density at radius 3 is 1.95 bits per heavy atom. The summed E-state index contributed by atoms with van der Waals surface area (Å²) in [5, 5.41) is 0. The van der Waals surface area contributed by atoms with Gasteiger partial charge < -0.3 is 0 Å². The van der Waals surface area contributed by atoms with Crippen LogP contribution in [0.5, 0.6) is 0 Å². The van der Waals surface area contributed by atoms with E-state index in [0.717, 1.165) is 16.8 Å². The largest absolute Gasteiger partial charge is 0.228 e. The zero-order valence-corrected chi connectivity index (χ0v) is 11.3. The molecule has 0 radical (unpaired) electrons. The van der Waals surface area contributed by atoms with E-state index in [1.165, 1.54) is 4.90 Å². The average Bonchev–Trinajstić information content (AvgIpc) is 2.49. The standard InChI is InChI=1S/C18H15N2.10H2/c1-4-20(5-2)18-10-8-16(9-11-18)6-7-17-12-14-19(3)15-13-17;;;;;;;;;;/h1-2,6-15H,3H3;10*1H/q+1;;;;;;;;;;. The smallest absolute Gasteiger partial charge is 0.169 e. The highest BCUT2D eigenvalue weighted by molar-refractivity contribution is 5.70. The van der Waals surface area contributed by atoms with Crippen LogP contribution in [0.3, 0.4) is 0 Å². The third kappa shape index (κ3) is 3.28. The molecule has 0 amide bonds. The lowest BCUT2D eigenvalue weighted by atomic mass is 10.1. The summed E-state index contributed by atoms with van der Waals surface area (Å²) >= 11 is 0.